The van der Waals surface area contributed by atoms with Gasteiger partial charge < -0.3 is 14.6 Å². The van der Waals surface area contributed by atoms with Crippen molar-refractivity contribution in [2.45, 2.75) is 39.5 Å². The molecule has 1 amide bonds. The lowest BCUT2D eigenvalue weighted by atomic mass is 10.1. The van der Waals surface area contributed by atoms with Gasteiger partial charge >= 0.3 is 6.18 Å². The van der Waals surface area contributed by atoms with Crippen molar-refractivity contribution in [3.8, 4) is 17.4 Å². The first-order valence-corrected chi connectivity index (χ1v) is 9.45. The van der Waals surface area contributed by atoms with Crippen LogP contribution in [0.1, 0.15) is 37.2 Å². The van der Waals surface area contributed by atoms with Gasteiger partial charge in [0.05, 0.1) is 7.11 Å². The first kappa shape index (κ1) is 22.2. The molecule has 0 unspecified atom stereocenters. The maximum absolute atomic E-state index is 12.6. The number of anilines is 1. The number of carbonyl (C=O) groups excluding carboxylic acids is 1. The predicted molar refractivity (Wildman–Crippen MR) is 106 cm³/mol. The maximum atomic E-state index is 12.6. The van der Waals surface area contributed by atoms with Crippen molar-refractivity contribution in [3.05, 3.63) is 36.3 Å². The SMILES string of the molecule is COc1nn(CC(F)(F)F)cc1C(=O)Nc1cccc(-c2nncn2[C@@H](C)C(C)C)n1. The molecule has 0 spiro atoms. The van der Waals surface area contributed by atoms with Gasteiger partial charge in [-0.3, -0.25) is 9.48 Å². The summed E-state index contributed by atoms with van der Waals surface area (Å²) in [5.41, 5.74) is 0.345. The highest BCUT2D eigenvalue weighted by atomic mass is 19.4. The van der Waals surface area contributed by atoms with Crippen LogP contribution in [0.3, 0.4) is 0 Å². The number of pyridine rings is 1. The zero-order chi connectivity index (χ0) is 22.8. The zero-order valence-electron chi connectivity index (χ0n) is 17.4. The van der Waals surface area contributed by atoms with E-state index in [0.717, 1.165) is 6.20 Å². The van der Waals surface area contributed by atoms with Crippen molar-refractivity contribution in [1.29, 1.82) is 0 Å². The number of carbonyl (C=O) groups is 1. The summed E-state index contributed by atoms with van der Waals surface area (Å²) in [7, 11) is 1.22. The van der Waals surface area contributed by atoms with Gasteiger partial charge in [-0.05, 0) is 25.0 Å². The lowest BCUT2D eigenvalue weighted by molar-refractivity contribution is -0.142. The van der Waals surface area contributed by atoms with Gasteiger partial charge in [-0.25, -0.2) is 4.98 Å². The van der Waals surface area contributed by atoms with Gasteiger partial charge in [-0.2, -0.15) is 13.2 Å². The standard InChI is InChI=1S/C19H22F3N7O2/c1-11(2)12(3)29-10-23-26-16(29)14-6-5-7-15(24-14)25-17(30)13-8-28(9-19(20,21)22)27-18(13)31-4/h5-8,10-12H,9H2,1-4H3,(H,24,25,30)/t12-/m0/s1. The Morgan fingerprint density at radius 3 is 2.65 bits per heavy atom. The van der Waals surface area contributed by atoms with E-state index in [-0.39, 0.29) is 23.3 Å². The van der Waals surface area contributed by atoms with E-state index in [4.69, 9.17) is 4.74 Å². The van der Waals surface area contributed by atoms with Crippen LogP contribution in [0.25, 0.3) is 11.5 Å². The lowest BCUT2D eigenvalue weighted by Crippen LogP contribution is -2.18. The average Bonchev–Trinajstić information content (AvgIpc) is 3.33. The molecule has 0 aliphatic heterocycles. The normalized spacial score (nSPS) is 12.8. The molecule has 166 valence electrons. The molecule has 31 heavy (non-hydrogen) atoms. The minimum Gasteiger partial charge on any atom is -0.479 e. The number of hydrogen-bond donors (Lipinski definition) is 1. The second-order valence-corrected chi connectivity index (χ2v) is 7.27. The number of nitrogens with zero attached hydrogens (tertiary/aromatic N) is 6. The maximum Gasteiger partial charge on any atom is 0.408 e. The molecule has 3 aromatic heterocycles. The third-order valence-electron chi connectivity index (χ3n) is 4.70. The summed E-state index contributed by atoms with van der Waals surface area (Å²) in [6.07, 6.45) is -1.89. The number of ether oxygens (including phenoxy) is 1. The van der Waals surface area contributed by atoms with Crippen LogP contribution in [0.2, 0.25) is 0 Å². The van der Waals surface area contributed by atoms with Crippen molar-refractivity contribution < 1.29 is 22.7 Å². The minimum atomic E-state index is -4.48. The van der Waals surface area contributed by atoms with Gasteiger partial charge in [0.15, 0.2) is 5.82 Å². The van der Waals surface area contributed by atoms with Crippen molar-refractivity contribution in [2.75, 3.05) is 12.4 Å². The first-order valence-electron chi connectivity index (χ1n) is 9.45. The Morgan fingerprint density at radius 1 is 1.26 bits per heavy atom. The van der Waals surface area contributed by atoms with E-state index >= 15 is 0 Å². The molecule has 12 heteroatoms. The van der Waals surface area contributed by atoms with Crippen molar-refractivity contribution in [3.63, 3.8) is 0 Å². The summed E-state index contributed by atoms with van der Waals surface area (Å²) in [5, 5.41) is 14.3. The van der Waals surface area contributed by atoms with Crippen LogP contribution in [-0.2, 0) is 6.54 Å². The molecule has 0 aliphatic rings. The monoisotopic (exact) mass is 437 g/mol. The Bertz CT molecular complexity index is 1060. The number of alkyl halides is 3. The largest absolute Gasteiger partial charge is 0.479 e. The second-order valence-electron chi connectivity index (χ2n) is 7.27. The van der Waals surface area contributed by atoms with Crippen molar-refractivity contribution in [1.82, 2.24) is 29.5 Å². The molecule has 0 saturated carbocycles. The Kier molecular flexibility index (Phi) is 6.27. The smallest absolute Gasteiger partial charge is 0.408 e. The summed E-state index contributed by atoms with van der Waals surface area (Å²) in [4.78, 5) is 17.0. The van der Waals surface area contributed by atoms with Crippen LogP contribution >= 0.6 is 0 Å². The number of hydrogen-bond acceptors (Lipinski definition) is 6. The van der Waals surface area contributed by atoms with Gasteiger partial charge in [-0.15, -0.1) is 15.3 Å². The Morgan fingerprint density at radius 2 is 2.00 bits per heavy atom. The van der Waals surface area contributed by atoms with E-state index in [9.17, 15) is 18.0 Å². The van der Waals surface area contributed by atoms with Gasteiger partial charge in [0.2, 0.25) is 5.88 Å². The molecular formula is C19H22F3N7O2. The number of rotatable bonds is 7. The molecule has 9 nitrogen and oxygen atoms in total. The molecule has 3 rings (SSSR count). The summed E-state index contributed by atoms with van der Waals surface area (Å²) in [6, 6.07) is 5.08. The summed E-state index contributed by atoms with van der Waals surface area (Å²) in [6.45, 7) is 4.85. The second kappa shape index (κ2) is 8.74. The molecule has 1 N–H and O–H groups in total. The van der Waals surface area contributed by atoms with Crippen molar-refractivity contribution in [2.24, 2.45) is 5.92 Å². The number of aromatic nitrogens is 6. The number of nitrogens with one attached hydrogen (secondary N) is 1. The van der Waals surface area contributed by atoms with Crippen LogP contribution in [0.15, 0.2) is 30.7 Å². The molecule has 1 atom stereocenters. The third-order valence-corrected chi connectivity index (χ3v) is 4.70. The molecule has 3 aromatic rings. The molecule has 0 aromatic carbocycles. The first-order chi connectivity index (χ1) is 14.6. The molecular weight excluding hydrogens is 415 g/mol. The van der Waals surface area contributed by atoms with Crippen molar-refractivity contribution >= 4 is 11.7 Å². The van der Waals surface area contributed by atoms with Crippen LogP contribution in [0.5, 0.6) is 5.88 Å². The van der Waals surface area contributed by atoms with E-state index in [1.807, 2.05) is 11.5 Å². The number of amides is 1. The molecule has 0 radical (unpaired) electrons. The topological polar surface area (TPSA) is 99.8 Å². The zero-order valence-corrected chi connectivity index (χ0v) is 17.4. The molecule has 0 fully saturated rings. The third kappa shape index (κ3) is 5.19. The highest BCUT2D eigenvalue weighted by Crippen LogP contribution is 2.25. The van der Waals surface area contributed by atoms with Crippen LogP contribution in [-0.4, -0.2) is 48.7 Å². The van der Waals surface area contributed by atoms with E-state index in [1.165, 1.54) is 7.11 Å². The average molecular weight is 437 g/mol. The summed E-state index contributed by atoms with van der Waals surface area (Å²) in [5.74, 6) is 0.140. The van der Waals surface area contributed by atoms with Crippen LogP contribution in [0.4, 0.5) is 19.0 Å². The lowest BCUT2D eigenvalue weighted by Gasteiger charge is -2.18. The molecule has 3 heterocycles. The number of methoxy groups -OCH3 is 1. The Hall–Kier alpha value is -3.44. The van der Waals surface area contributed by atoms with Crippen LogP contribution < -0.4 is 10.1 Å². The van der Waals surface area contributed by atoms with Gasteiger partial charge in [0, 0.05) is 12.2 Å². The van der Waals surface area contributed by atoms with E-state index in [2.05, 4.69) is 39.4 Å². The summed E-state index contributed by atoms with van der Waals surface area (Å²) < 4.78 is 45.3. The summed E-state index contributed by atoms with van der Waals surface area (Å²) >= 11 is 0. The van der Waals surface area contributed by atoms with Gasteiger partial charge in [0.1, 0.15) is 29.9 Å². The molecule has 0 aliphatic carbocycles. The highest BCUT2D eigenvalue weighted by Gasteiger charge is 2.30. The fourth-order valence-corrected chi connectivity index (χ4v) is 2.83. The van der Waals surface area contributed by atoms with Gasteiger partial charge in [0.25, 0.3) is 5.91 Å². The Balaban J connectivity index is 1.84. The fourth-order valence-electron chi connectivity index (χ4n) is 2.83. The van der Waals surface area contributed by atoms with Crippen LogP contribution in [0, 0.1) is 5.92 Å². The predicted octanol–water partition coefficient (Wildman–Crippen LogP) is 3.58. The molecule has 0 saturated heterocycles. The van der Waals surface area contributed by atoms with E-state index in [0.29, 0.717) is 22.1 Å². The number of halogens is 3. The fraction of sp³-hybridized carbons (Fsp3) is 0.421. The molecule has 0 bridgehead atoms. The van der Waals surface area contributed by atoms with Gasteiger partial charge in [-0.1, -0.05) is 19.9 Å². The Labute approximate surface area is 176 Å². The quantitative estimate of drug-likeness (QED) is 0.607. The van der Waals surface area contributed by atoms with E-state index in [1.54, 1.807) is 24.5 Å². The highest BCUT2D eigenvalue weighted by molar-refractivity contribution is 6.05. The minimum absolute atomic E-state index is 0.119. The van der Waals surface area contributed by atoms with E-state index < -0.39 is 18.6 Å².